The van der Waals surface area contributed by atoms with Gasteiger partial charge in [0.1, 0.15) is 0 Å². The summed E-state index contributed by atoms with van der Waals surface area (Å²) in [6.07, 6.45) is -10.0. The van der Waals surface area contributed by atoms with Crippen molar-refractivity contribution >= 4 is 47.2 Å². The first-order chi connectivity index (χ1) is 22.4. The number of benzene rings is 2. The maximum absolute atomic E-state index is 13.9. The van der Waals surface area contributed by atoms with Crippen LogP contribution in [0.3, 0.4) is 0 Å². The summed E-state index contributed by atoms with van der Waals surface area (Å²) in [6, 6.07) is 4.28. The molecule has 264 valence electrons. The monoisotopic (exact) mass is 716 g/mol. The van der Waals surface area contributed by atoms with E-state index in [1.807, 2.05) is 11.8 Å². The van der Waals surface area contributed by atoms with Gasteiger partial charge < -0.3 is 19.6 Å². The number of carboxylic acids is 1. The zero-order chi connectivity index (χ0) is 35.3. The number of ether oxygens (including phenoxy) is 1. The van der Waals surface area contributed by atoms with Crippen LogP contribution in [0.25, 0.3) is 0 Å². The predicted octanol–water partition coefficient (Wildman–Crippen LogP) is 7.96. The van der Waals surface area contributed by atoms with Crippen LogP contribution in [0.1, 0.15) is 66.8 Å². The van der Waals surface area contributed by atoms with Gasteiger partial charge in [0.2, 0.25) is 5.95 Å². The quantitative estimate of drug-likeness (QED) is 0.0972. The van der Waals surface area contributed by atoms with Gasteiger partial charge in [0, 0.05) is 38.3 Å². The van der Waals surface area contributed by atoms with E-state index < -0.39 is 59.8 Å². The molecule has 1 aliphatic rings. The minimum atomic E-state index is -5.12. The summed E-state index contributed by atoms with van der Waals surface area (Å²) in [5, 5.41) is 8.79. The number of aliphatic carboxylic acids is 1. The molecule has 0 amide bonds. The van der Waals surface area contributed by atoms with E-state index in [2.05, 4.69) is 9.97 Å². The maximum atomic E-state index is 13.9. The van der Waals surface area contributed by atoms with Crippen molar-refractivity contribution < 1.29 is 54.2 Å². The van der Waals surface area contributed by atoms with Crippen LogP contribution in [-0.4, -0.2) is 70.3 Å². The second kappa shape index (κ2) is 16.6. The molecule has 0 bridgehead atoms. The molecule has 1 fully saturated rings. The number of carboxylic acid groups (broad SMARTS) is 1. The fourth-order valence-electron chi connectivity index (χ4n) is 5.08. The number of hydrogen-bond acceptors (Lipinski definition) is 6. The first-order valence-corrected chi connectivity index (χ1v) is 15.1. The molecule has 2 aromatic carbocycles. The molecule has 1 N–H and O–H groups in total. The number of aromatic nitrogens is 2. The van der Waals surface area contributed by atoms with Crippen LogP contribution in [0.2, 0.25) is 0 Å². The average molecular weight is 717 g/mol. The van der Waals surface area contributed by atoms with Crippen molar-refractivity contribution in [1.29, 1.82) is 0 Å². The van der Waals surface area contributed by atoms with Gasteiger partial charge in [-0.25, -0.2) is 9.97 Å². The zero-order valence-electron chi connectivity index (χ0n) is 25.7. The molecule has 0 spiro atoms. The molecule has 0 radical (unpaired) electrons. The molecule has 0 saturated heterocycles. The molecule has 1 saturated carbocycles. The van der Waals surface area contributed by atoms with Gasteiger partial charge >= 0.3 is 54.1 Å². The van der Waals surface area contributed by atoms with Gasteiger partial charge in [-0.3, -0.25) is 4.79 Å². The van der Waals surface area contributed by atoms with Crippen LogP contribution >= 0.6 is 0 Å². The van der Waals surface area contributed by atoms with Crippen LogP contribution < -0.4 is 14.5 Å². The van der Waals surface area contributed by atoms with Crippen LogP contribution in [0.4, 0.5) is 51.1 Å². The number of halogens is 9. The molecule has 0 unspecified atom stereocenters. The van der Waals surface area contributed by atoms with Crippen LogP contribution in [-0.2, 0) is 36.4 Å². The van der Waals surface area contributed by atoms with E-state index >= 15 is 0 Å². The minimum absolute atomic E-state index is 0. The van der Waals surface area contributed by atoms with Crippen molar-refractivity contribution in [3.05, 3.63) is 76.6 Å². The normalized spacial score (nSPS) is 13.5. The van der Waals surface area contributed by atoms with Crippen LogP contribution in [0.5, 0.6) is 5.75 Å². The van der Waals surface area contributed by atoms with Crippen molar-refractivity contribution in [1.82, 2.24) is 9.97 Å². The number of rotatable bonds is 15. The number of alkyl halides is 9. The first kappa shape index (κ1) is 40.2. The van der Waals surface area contributed by atoms with Crippen molar-refractivity contribution in [2.45, 2.75) is 70.6 Å². The average Bonchev–Trinajstić information content (AvgIpc) is 3.82. The predicted molar refractivity (Wildman–Crippen MR) is 165 cm³/mol. The van der Waals surface area contributed by atoms with Gasteiger partial charge in [0.15, 0.2) is 5.75 Å². The summed E-state index contributed by atoms with van der Waals surface area (Å²) < 4.78 is 129. The molecule has 4 rings (SSSR count). The third kappa shape index (κ3) is 11.9. The summed E-state index contributed by atoms with van der Waals surface area (Å²) in [5.74, 6) is -0.792. The van der Waals surface area contributed by atoms with Crippen molar-refractivity contribution in [3.63, 3.8) is 0 Å². The van der Waals surface area contributed by atoms with Gasteiger partial charge in [-0.15, -0.1) is 0 Å². The Hall–Kier alpha value is -3.24. The Morgan fingerprint density at radius 2 is 1.45 bits per heavy atom. The summed E-state index contributed by atoms with van der Waals surface area (Å²) in [7, 11) is 0. The molecule has 1 heterocycles. The number of anilines is 2. The number of carbonyl (C=O) groups is 1. The third-order valence-electron chi connectivity index (χ3n) is 7.50. The van der Waals surface area contributed by atoms with E-state index in [0.29, 0.717) is 43.2 Å². The van der Waals surface area contributed by atoms with E-state index in [9.17, 15) is 44.3 Å². The Morgan fingerprint density at radius 1 is 0.857 bits per heavy atom. The zero-order valence-corrected chi connectivity index (χ0v) is 25.7. The topological polar surface area (TPSA) is 78.8 Å². The van der Waals surface area contributed by atoms with Crippen LogP contribution in [0, 0.1) is 5.92 Å². The number of hydrogen-bond donors (Lipinski definition) is 1. The first-order valence-electron chi connectivity index (χ1n) is 15.1. The van der Waals surface area contributed by atoms with Gasteiger partial charge in [0.25, 0.3) is 0 Å². The fourth-order valence-corrected chi connectivity index (χ4v) is 5.08. The van der Waals surface area contributed by atoms with E-state index in [0.717, 1.165) is 25.0 Å². The summed E-state index contributed by atoms with van der Waals surface area (Å²) in [6.45, 7) is 1.94. The summed E-state index contributed by atoms with van der Waals surface area (Å²) in [5.41, 5.74) is -3.92. The summed E-state index contributed by atoms with van der Waals surface area (Å²) >= 11 is 0. The van der Waals surface area contributed by atoms with E-state index in [4.69, 9.17) is 9.84 Å². The molecule has 0 aliphatic heterocycles. The SMILES string of the molecule is CCCN(CC1CC1)c1ccc(C(F)(F)F)cc1CN(Cc1cc(C(F)(F)F)cc(C(F)(F)F)c1)c1ncc(OCCCC(=O)O)cn1.[NaH]. The number of nitrogens with zero attached hydrogens (tertiary/aromatic N) is 4. The molecule has 1 aliphatic carbocycles. The third-order valence-corrected chi connectivity index (χ3v) is 7.50. The molecule has 17 heteroatoms. The second-order valence-electron chi connectivity index (χ2n) is 11.6. The molecular weight excluding hydrogens is 682 g/mol. The Balaban J connectivity index is 0.00000650. The van der Waals surface area contributed by atoms with Gasteiger partial charge in [0.05, 0.1) is 35.7 Å². The molecular formula is C32H34F9N4NaO3. The van der Waals surface area contributed by atoms with E-state index in [-0.39, 0.29) is 72.3 Å². The van der Waals surface area contributed by atoms with Crippen molar-refractivity contribution in [2.24, 2.45) is 5.92 Å². The fraction of sp³-hybridized carbons (Fsp3) is 0.469. The Bertz CT molecular complexity index is 1510. The molecule has 7 nitrogen and oxygen atoms in total. The van der Waals surface area contributed by atoms with E-state index in [1.165, 1.54) is 23.4 Å². The van der Waals surface area contributed by atoms with Crippen LogP contribution in [0.15, 0.2) is 48.8 Å². The summed E-state index contributed by atoms with van der Waals surface area (Å²) in [4.78, 5) is 22.2. The van der Waals surface area contributed by atoms with Gasteiger partial charge in [-0.05, 0) is 79.1 Å². The molecule has 1 aromatic heterocycles. The Labute approximate surface area is 298 Å². The molecule has 49 heavy (non-hydrogen) atoms. The van der Waals surface area contributed by atoms with Gasteiger partial charge in [-0.2, -0.15) is 39.5 Å². The molecule has 0 atom stereocenters. The standard InChI is InChI=1S/C32H33F9N4O3.Na.H/c1-2-9-44(17-20-5-6-20)27-8-7-23(30(33,34)35)13-22(27)19-45(29-42-15-26(16-43-29)48-10-3-4-28(46)47)18-21-11-24(31(36,37)38)14-25(12-21)32(39,40)41;;/h7-8,11-16,20H,2-6,9-10,17-19H2,1H3,(H,46,47);;. The molecule has 3 aromatic rings. The van der Waals surface area contributed by atoms with E-state index in [1.54, 1.807) is 0 Å². The van der Waals surface area contributed by atoms with Crippen molar-refractivity contribution in [2.75, 3.05) is 29.5 Å². The Kier molecular flexibility index (Phi) is 13.7. The Morgan fingerprint density at radius 3 is 1.96 bits per heavy atom. The second-order valence-corrected chi connectivity index (χ2v) is 11.6. The van der Waals surface area contributed by atoms with Crippen molar-refractivity contribution in [3.8, 4) is 5.75 Å². The van der Waals surface area contributed by atoms with Gasteiger partial charge in [-0.1, -0.05) is 6.92 Å².